The Hall–Kier alpha value is -0.960. The van der Waals surface area contributed by atoms with Crippen molar-refractivity contribution in [3.05, 3.63) is 35.8 Å². The SMILES string of the molecule is CC=C=C=CC=CC. The molecule has 0 rings (SSSR count). The van der Waals surface area contributed by atoms with Crippen molar-refractivity contribution in [3.63, 3.8) is 0 Å². The molecule has 0 aromatic carbocycles. The Bertz CT molecular complexity index is 149. The van der Waals surface area contributed by atoms with E-state index in [-0.39, 0.29) is 0 Å². The van der Waals surface area contributed by atoms with Crippen molar-refractivity contribution in [2.75, 3.05) is 0 Å². The molecule has 0 amide bonds. The first kappa shape index (κ1) is 7.04. The second-order valence-electron chi connectivity index (χ2n) is 1.27. The summed E-state index contributed by atoms with van der Waals surface area (Å²) in [5, 5.41) is 0. The number of hydrogen-bond acceptors (Lipinski definition) is 0. The van der Waals surface area contributed by atoms with E-state index in [1.165, 1.54) is 0 Å². The highest BCUT2D eigenvalue weighted by molar-refractivity contribution is 5.00. The van der Waals surface area contributed by atoms with Crippen LogP contribution in [0.15, 0.2) is 35.8 Å². The third-order valence-electron chi connectivity index (χ3n) is 0.600. The highest BCUT2D eigenvalue weighted by Crippen LogP contribution is 1.69. The second-order valence-corrected chi connectivity index (χ2v) is 1.27. The van der Waals surface area contributed by atoms with E-state index in [4.69, 9.17) is 0 Å². The fourth-order valence-corrected chi connectivity index (χ4v) is 0.276. The van der Waals surface area contributed by atoms with Crippen LogP contribution in [0, 0.1) is 0 Å². The van der Waals surface area contributed by atoms with Gasteiger partial charge in [0.1, 0.15) is 0 Å². The molecule has 0 aromatic rings. The molecule has 0 saturated heterocycles. The summed E-state index contributed by atoms with van der Waals surface area (Å²) in [6.07, 6.45) is 7.50. The summed E-state index contributed by atoms with van der Waals surface area (Å²) in [5.74, 6) is 0. The predicted molar refractivity (Wildman–Crippen MR) is 36.7 cm³/mol. The van der Waals surface area contributed by atoms with Crippen molar-refractivity contribution in [3.8, 4) is 0 Å². The van der Waals surface area contributed by atoms with Crippen LogP contribution in [0.25, 0.3) is 0 Å². The third-order valence-corrected chi connectivity index (χ3v) is 0.600. The highest BCUT2D eigenvalue weighted by atomic mass is 13.5. The molecule has 0 heterocycles. The molecule has 0 aliphatic heterocycles. The van der Waals surface area contributed by atoms with E-state index in [9.17, 15) is 0 Å². The van der Waals surface area contributed by atoms with E-state index in [2.05, 4.69) is 11.5 Å². The van der Waals surface area contributed by atoms with E-state index < -0.39 is 0 Å². The molecular formula is C8H10. The van der Waals surface area contributed by atoms with Crippen LogP contribution in [0.1, 0.15) is 13.8 Å². The molecule has 0 unspecified atom stereocenters. The van der Waals surface area contributed by atoms with Crippen LogP contribution in [0.5, 0.6) is 0 Å². The molecular weight excluding hydrogens is 96.1 g/mol. The van der Waals surface area contributed by atoms with Crippen molar-refractivity contribution in [1.29, 1.82) is 0 Å². The fraction of sp³-hybridized carbons (Fsp3) is 0.250. The van der Waals surface area contributed by atoms with Crippen molar-refractivity contribution >= 4 is 0 Å². The normalized spacial score (nSPS) is 7.75. The summed E-state index contributed by atoms with van der Waals surface area (Å²) < 4.78 is 0. The lowest BCUT2D eigenvalue weighted by Crippen LogP contribution is -1.38. The van der Waals surface area contributed by atoms with Gasteiger partial charge in [0.05, 0.1) is 0 Å². The van der Waals surface area contributed by atoms with E-state index in [0.29, 0.717) is 0 Å². The Balaban J connectivity index is 3.83. The standard InChI is InChI=1S/C8H10/c1-3-5-7-8-6-4-2/h3-5,7H,1-2H3. The largest absolute Gasteiger partial charge is 0.0870 e. The minimum absolute atomic E-state index is 1.82. The number of allylic oxidation sites excluding steroid dienone is 4. The number of rotatable bonds is 1. The topological polar surface area (TPSA) is 0 Å². The molecule has 0 radical (unpaired) electrons. The first-order chi connectivity index (χ1) is 3.91. The van der Waals surface area contributed by atoms with Gasteiger partial charge in [-0.1, -0.05) is 23.6 Å². The van der Waals surface area contributed by atoms with Gasteiger partial charge in [-0.25, -0.2) is 0 Å². The average Bonchev–Trinajstić information content (AvgIpc) is 1.81. The first-order valence-corrected chi connectivity index (χ1v) is 2.65. The zero-order valence-electron chi connectivity index (χ0n) is 5.31. The minimum atomic E-state index is 1.82. The molecule has 0 aliphatic carbocycles. The van der Waals surface area contributed by atoms with E-state index in [0.717, 1.165) is 0 Å². The Morgan fingerprint density at radius 1 is 1.12 bits per heavy atom. The summed E-state index contributed by atoms with van der Waals surface area (Å²) >= 11 is 0. The summed E-state index contributed by atoms with van der Waals surface area (Å²) in [6.45, 7) is 3.88. The summed E-state index contributed by atoms with van der Waals surface area (Å²) in [5.41, 5.74) is 5.62. The second kappa shape index (κ2) is 6.04. The van der Waals surface area contributed by atoms with Crippen molar-refractivity contribution in [2.45, 2.75) is 13.8 Å². The smallest absolute Gasteiger partial charge is 0.0119 e. The van der Waals surface area contributed by atoms with E-state index in [1.807, 2.05) is 38.2 Å². The van der Waals surface area contributed by atoms with E-state index in [1.54, 1.807) is 0 Å². The number of hydrogen-bond donors (Lipinski definition) is 0. The van der Waals surface area contributed by atoms with Crippen LogP contribution in [0.2, 0.25) is 0 Å². The van der Waals surface area contributed by atoms with Crippen LogP contribution in [-0.2, 0) is 0 Å². The van der Waals surface area contributed by atoms with Gasteiger partial charge in [-0.05, 0) is 26.0 Å². The van der Waals surface area contributed by atoms with Gasteiger partial charge in [0.2, 0.25) is 0 Å². The van der Waals surface area contributed by atoms with Gasteiger partial charge in [0, 0.05) is 0 Å². The molecule has 0 fully saturated rings. The van der Waals surface area contributed by atoms with Gasteiger partial charge in [-0.3, -0.25) is 0 Å². The summed E-state index contributed by atoms with van der Waals surface area (Å²) in [6, 6.07) is 0. The Morgan fingerprint density at radius 3 is 2.38 bits per heavy atom. The monoisotopic (exact) mass is 106 g/mol. The molecule has 0 aliphatic rings. The Morgan fingerprint density at radius 2 is 1.88 bits per heavy atom. The Labute approximate surface area is 50.5 Å². The lowest BCUT2D eigenvalue weighted by Gasteiger charge is -1.58. The molecule has 0 saturated carbocycles. The van der Waals surface area contributed by atoms with Gasteiger partial charge in [-0.2, -0.15) is 0 Å². The predicted octanol–water partition coefficient (Wildman–Crippen LogP) is 2.45. The van der Waals surface area contributed by atoms with Gasteiger partial charge >= 0.3 is 0 Å². The summed E-state index contributed by atoms with van der Waals surface area (Å²) in [4.78, 5) is 0. The average molecular weight is 106 g/mol. The van der Waals surface area contributed by atoms with Crippen LogP contribution in [0.4, 0.5) is 0 Å². The van der Waals surface area contributed by atoms with Crippen molar-refractivity contribution in [2.24, 2.45) is 0 Å². The van der Waals surface area contributed by atoms with E-state index >= 15 is 0 Å². The molecule has 8 heavy (non-hydrogen) atoms. The van der Waals surface area contributed by atoms with Crippen molar-refractivity contribution < 1.29 is 0 Å². The van der Waals surface area contributed by atoms with Gasteiger partial charge in [0.25, 0.3) is 0 Å². The zero-order chi connectivity index (χ0) is 6.24. The maximum atomic E-state index is 2.82. The Kier molecular flexibility index (Phi) is 5.32. The van der Waals surface area contributed by atoms with Gasteiger partial charge in [-0.15, -0.1) is 0 Å². The van der Waals surface area contributed by atoms with Crippen molar-refractivity contribution in [1.82, 2.24) is 0 Å². The maximum absolute atomic E-state index is 2.82. The quantitative estimate of drug-likeness (QED) is 0.356. The van der Waals surface area contributed by atoms with Gasteiger partial charge < -0.3 is 0 Å². The van der Waals surface area contributed by atoms with Crippen LogP contribution in [-0.4, -0.2) is 0 Å². The van der Waals surface area contributed by atoms with Crippen LogP contribution in [0.3, 0.4) is 0 Å². The van der Waals surface area contributed by atoms with Crippen LogP contribution < -0.4 is 0 Å². The minimum Gasteiger partial charge on any atom is -0.0870 e. The molecule has 0 atom stereocenters. The molecule has 0 aromatic heterocycles. The molecule has 0 nitrogen and oxygen atoms in total. The maximum Gasteiger partial charge on any atom is -0.0119 e. The first-order valence-electron chi connectivity index (χ1n) is 2.65. The molecule has 0 heteroatoms. The zero-order valence-corrected chi connectivity index (χ0v) is 5.31. The fourth-order valence-electron chi connectivity index (χ4n) is 0.276. The third kappa shape index (κ3) is 5.04. The summed E-state index contributed by atoms with van der Waals surface area (Å²) in [7, 11) is 0. The van der Waals surface area contributed by atoms with Crippen LogP contribution >= 0.6 is 0 Å². The lowest BCUT2D eigenvalue weighted by molar-refractivity contribution is 1.73. The molecule has 0 spiro atoms. The molecule has 0 N–H and O–H groups in total. The lowest BCUT2D eigenvalue weighted by atomic mass is 10.5. The molecule has 42 valence electrons. The highest BCUT2D eigenvalue weighted by Gasteiger charge is 1.48. The molecule has 0 bridgehead atoms. The van der Waals surface area contributed by atoms with Gasteiger partial charge in [0.15, 0.2) is 0 Å².